The molecule has 0 aromatic carbocycles. The van der Waals surface area contributed by atoms with Gasteiger partial charge in [0.15, 0.2) is 0 Å². The molecule has 0 aliphatic heterocycles. The molecule has 0 saturated heterocycles. The van der Waals surface area contributed by atoms with Crippen LogP contribution in [0.25, 0.3) is 0 Å². The van der Waals surface area contributed by atoms with Crippen molar-refractivity contribution in [3.63, 3.8) is 0 Å². The SMILES string of the molecule is CCCCCC.CCCCCC.CCCCCC.CCCCCC.CCCCCC.ClCCl.ClCCl.ClCCl.ClCCl.ClCCl. The molecule has 10 heteroatoms. The second kappa shape index (κ2) is 127. The molecule has 0 amide bonds. The summed E-state index contributed by atoms with van der Waals surface area (Å²) < 4.78 is 0. The Labute approximate surface area is 337 Å². The van der Waals surface area contributed by atoms with E-state index in [0.29, 0.717) is 0 Å². The highest BCUT2D eigenvalue weighted by Crippen LogP contribution is 1.97. The molecule has 0 aromatic rings. The number of alkyl halides is 10. The van der Waals surface area contributed by atoms with E-state index in [1.807, 2.05) is 0 Å². The Morgan fingerprint density at radius 1 is 0.178 bits per heavy atom. The summed E-state index contributed by atoms with van der Waals surface area (Å²) in [6, 6.07) is 0. The molecule has 0 heterocycles. The molecule has 0 saturated carbocycles. The molecule has 0 atom stereocenters. The van der Waals surface area contributed by atoms with E-state index in [1.165, 1.54) is 128 Å². The normalized spacial score (nSPS) is 8.00. The van der Waals surface area contributed by atoms with Crippen molar-refractivity contribution in [3.05, 3.63) is 0 Å². The van der Waals surface area contributed by atoms with Gasteiger partial charge in [0.05, 0.1) is 26.7 Å². The van der Waals surface area contributed by atoms with E-state index in [0.717, 1.165) is 0 Å². The van der Waals surface area contributed by atoms with Crippen LogP contribution in [0.2, 0.25) is 0 Å². The number of rotatable bonds is 15. The molecule has 290 valence electrons. The van der Waals surface area contributed by atoms with Crippen molar-refractivity contribution >= 4 is 116 Å². The van der Waals surface area contributed by atoms with Gasteiger partial charge in [-0.3, -0.25) is 0 Å². The maximum atomic E-state index is 4.76. The summed E-state index contributed by atoms with van der Waals surface area (Å²) in [5.41, 5.74) is 0. The summed E-state index contributed by atoms with van der Waals surface area (Å²) in [6.45, 7) is 22.3. The molecule has 0 rings (SSSR count). The van der Waals surface area contributed by atoms with Crippen molar-refractivity contribution in [2.45, 2.75) is 198 Å². The van der Waals surface area contributed by atoms with Gasteiger partial charge in [-0.15, -0.1) is 116 Å². The third-order valence-electron chi connectivity index (χ3n) is 4.79. The molecule has 0 aromatic heterocycles. The smallest absolute Gasteiger partial charge is 0.0967 e. The molecular formula is C35H80Cl10. The Kier molecular flexibility index (Phi) is 207. The number of halogens is 10. The minimum absolute atomic E-state index is 0.194. The molecule has 0 aliphatic rings. The van der Waals surface area contributed by atoms with Crippen LogP contribution in [0.3, 0.4) is 0 Å². The van der Waals surface area contributed by atoms with E-state index in [-0.39, 0.29) is 26.7 Å². The number of unbranched alkanes of at least 4 members (excludes halogenated alkanes) is 15. The quantitative estimate of drug-likeness (QED) is 0.114. The highest BCUT2D eigenvalue weighted by Gasteiger charge is 1.77. The van der Waals surface area contributed by atoms with Gasteiger partial charge in [-0.1, -0.05) is 198 Å². The van der Waals surface area contributed by atoms with E-state index in [2.05, 4.69) is 69.2 Å². The van der Waals surface area contributed by atoms with Crippen LogP contribution in [-0.4, -0.2) is 26.7 Å². The monoisotopic (exact) mass is 850 g/mol. The van der Waals surface area contributed by atoms with Crippen LogP contribution in [0.5, 0.6) is 0 Å². The lowest BCUT2D eigenvalue weighted by molar-refractivity contribution is 0.702. The minimum atomic E-state index is 0.194. The Bertz CT molecular complexity index is 189. The largest absolute Gasteiger partial charge is 0.109 e. The molecule has 0 bridgehead atoms. The standard InChI is InChI=1S/5C6H14.5CH2Cl2/c5*1-3-5-6-4-2;5*2-1-3/h5*3-6H2,1-2H3;5*1H2. The van der Waals surface area contributed by atoms with Crippen LogP contribution in [0, 0.1) is 0 Å². The Balaban J connectivity index is -0.0000000385. The molecular weight excluding hydrogens is 775 g/mol. The van der Waals surface area contributed by atoms with Crippen LogP contribution in [0.4, 0.5) is 0 Å². The van der Waals surface area contributed by atoms with Gasteiger partial charge in [-0.2, -0.15) is 0 Å². The van der Waals surface area contributed by atoms with Gasteiger partial charge >= 0.3 is 0 Å². The Morgan fingerprint density at radius 2 is 0.222 bits per heavy atom. The van der Waals surface area contributed by atoms with Gasteiger partial charge in [0, 0.05) is 0 Å². The fourth-order valence-corrected chi connectivity index (χ4v) is 2.50. The minimum Gasteiger partial charge on any atom is -0.109 e. The second-order valence-corrected chi connectivity index (χ2v) is 13.1. The first-order chi connectivity index (χ1) is 21.6. The van der Waals surface area contributed by atoms with Gasteiger partial charge in [-0.25, -0.2) is 0 Å². The van der Waals surface area contributed by atoms with Gasteiger partial charge < -0.3 is 0 Å². The van der Waals surface area contributed by atoms with E-state index in [1.54, 1.807) is 0 Å². The van der Waals surface area contributed by atoms with Crippen molar-refractivity contribution in [3.8, 4) is 0 Å². The fraction of sp³-hybridized carbons (Fsp3) is 1.00. The average molecular weight is 856 g/mol. The average Bonchev–Trinajstić information content (AvgIpc) is 3.03. The third kappa shape index (κ3) is 295. The summed E-state index contributed by atoms with van der Waals surface area (Å²) >= 11 is 47.6. The van der Waals surface area contributed by atoms with Gasteiger partial charge in [0.2, 0.25) is 0 Å². The first-order valence-electron chi connectivity index (χ1n) is 17.2. The van der Waals surface area contributed by atoms with Crippen molar-refractivity contribution in [1.29, 1.82) is 0 Å². The summed E-state index contributed by atoms with van der Waals surface area (Å²) in [5, 5.41) is 0.972. The van der Waals surface area contributed by atoms with Crippen LogP contribution in [0.1, 0.15) is 198 Å². The summed E-state index contributed by atoms with van der Waals surface area (Å²) in [6.07, 6.45) is 27.7. The van der Waals surface area contributed by atoms with Crippen molar-refractivity contribution in [2.75, 3.05) is 26.7 Å². The molecule has 0 spiro atoms. The highest BCUT2D eigenvalue weighted by atomic mass is 35.5. The molecule has 45 heavy (non-hydrogen) atoms. The van der Waals surface area contributed by atoms with Crippen LogP contribution in [0.15, 0.2) is 0 Å². The number of hydrogen-bond donors (Lipinski definition) is 0. The van der Waals surface area contributed by atoms with Crippen molar-refractivity contribution < 1.29 is 0 Å². The van der Waals surface area contributed by atoms with Crippen LogP contribution >= 0.6 is 116 Å². The summed E-state index contributed by atoms with van der Waals surface area (Å²) in [5.74, 6) is 0. The molecule has 0 nitrogen and oxygen atoms in total. The van der Waals surface area contributed by atoms with Gasteiger partial charge in [0.1, 0.15) is 0 Å². The highest BCUT2D eigenvalue weighted by molar-refractivity contribution is 6.41. The predicted octanol–water partition coefficient (Wildman–Crippen LogP) is 20.0. The number of hydrogen-bond acceptors (Lipinski definition) is 0. The maximum absolute atomic E-state index is 4.76. The fourth-order valence-electron chi connectivity index (χ4n) is 2.50. The van der Waals surface area contributed by atoms with Crippen molar-refractivity contribution in [2.24, 2.45) is 0 Å². The lowest BCUT2D eigenvalue weighted by Gasteiger charge is -1.86. The maximum Gasteiger partial charge on any atom is 0.0967 e. The topological polar surface area (TPSA) is 0 Å². The van der Waals surface area contributed by atoms with Crippen LogP contribution < -0.4 is 0 Å². The molecule has 0 aliphatic carbocycles. The lowest BCUT2D eigenvalue weighted by Crippen LogP contribution is -1.66. The zero-order valence-electron chi connectivity index (χ0n) is 31.5. The molecule has 0 N–H and O–H groups in total. The first-order valence-corrected chi connectivity index (χ1v) is 22.6. The van der Waals surface area contributed by atoms with Gasteiger partial charge in [-0.05, 0) is 0 Å². The van der Waals surface area contributed by atoms with Gasteiger partial charge in [0.25, 0.3) is 0 Å². The predicted molar refractivity (Wildman–Crippen MR) is 232 cm³/mol. The van der Waals surface area contributed by atoms with E-state index < -0.39 is 0 Å². The Morgan fingerprint density at radius 3 is 0.244 bits per heavy atom. The summed E-state index contributed by atoms with van der Waals surface area (Å²) in [7, 11) is 0. The zero-order valence-corrected chi connectivity index (χ0v) is 39.0. The van der Waals surface area contributed by atoms with E-state index in [9.17, 15) is 0 Å². The molecule has 0 fully saturated rings. The summed E-state index contributed by atoms with van der Waals surface area (Å²) in [4.78, 5) is 0. The molecule has 0 radical (unpaired) electrons. The van der Waals surface area contributed by atoms with E-state index in [4.69, 9.17) is 116 Å². The Hall–Kier alpha value is 2.90. The first kappa shape index (κ1) is 73.4. The van der Waals surface area contributed by atoms with Crippen molar-refractivity contribution in [1.82, 2.24) is 0 Å². The third-order valence-corrected chi connectivity index (χ3v) is 4.79. The lowest BCUT2D eigenvalue weighted by atomic mass is 10.2. The van der Waals surface area contributed by atoms with Crippen LogP contribution in [-0.2, 0) is 0 Å². The second-order valence-electron chi connectivity index (χ2n) is 9.04. The zero-order chi connectivity index (χ0) is 37.7. The van der Waals surface area contributed by atoms with E-state index >= 15 is 0 Å². The molecule has 0 unspecified atom stereocenters.